The summed E-state index contributed by atoms with van der Waals surface area (Å²) in [5.74, 6) is 0.971. The van der Waals surface area contributed by atoms with Crippen molar-refractivity contribution in [3.63, 3.8) is 0 Å². The van der Waals surface area contributed by atoms with E-state index in [4.69, 9.17) is 4.74 Å². The Labute approximate surface area is 143 Å². The maximum absolute atomic E-state index is 9.61. The SMILES string of the molecule is Oc1ccc2c(c1)OC(Cc1ccc(N3CCCCC3)cc1)CN2. The number of phenols is 1. The average molecular weight is 324 g/mol. The standard InChI is InChI=1S/C20H24N2O2/c23-17-8-9-19-20(13-17)24-18(14-21-19)12-15-4-6-16(7-5-15)22-10-2-1-3-11-22/h4-9,13,18,21,23H,1-3,10-12,14H2. The van der Waals surface area contributed by atoms with E-state index in [0.29, 0.717) is 0 Å². The molecule has 1 saturated heterocycles. The van der Waals surface area contributed by atoms with Crippen LogP contribution in [0.25, 0.3) is 0 Å². The molecule has 2 aromatic carbocycles. The summed E-state index contributed by atoms with van der Waals surface area (Å²) in [6.45, 7) is 3.14. The van der Waals surface area contributed by atoms with E-state index in [1.807, 2.05) is 6.07 Å². The van der Waals surface area contributed by atoms with Crippen molar-refractivity contribution in [2.24, 2.45) is 0 Å². The van der Waals surface area contributed by atoms with E-state index >= 15 is 0 Å². The van der Waals surface area contributed by atoms with Gasteiger partial charge in [0.15, 0.2) is 0 Å². The minimum Gasteiger partial charge on any atom is -0.508 e. The normalized spacial score (nSPS) is 20.0. The number of anilines is 2. The lowest BCUT2D eigenvalue weighted by atomic mass is 10.0. The van der Waals surface area contributed by atoms with Crippen LogP contribution in [0, 0.1) is 0 Å². The number of ether oxygens (including phenoxy) is 1. The Morgan fingerprint density at radius 2 is 1.83 bits per heavy atom. The van der Waals surface area contributed by atoms with Crippen LogP contribution in [0.4, 0.5) is 11.4 Å². The summed E-state index contributed by atoms with van der Waals surface area (Å²) in [6, 6.07) is 14.1. The highest BCUT2D eigenvalue weighted by Crippen LogP contribution is 2.33. The summed E-state index contributed by atoms with van der Waals surface area (Å²) in [6.07, 6.45) is 4.91. The fourth-order valence-electron chi connectivity index (χ4n) is 3.57. The molecule has 2 aliphatic rings. The van der Waals surface area contributed by atoms with Crippen LogP contribution in [-0.2, 0) is 6.42 Å². The predicted molar refractivity (Wildman–Crippen MR) is 97.2 cm³/mol. The zero-order valence-electron chi connectivity index (χ0n) is 13.9. The Morgan fingerprint density at radius 3 is 2.62 bits per heavy atom. The minimum absolute atomic E-state index is 0.0835. The summed E-state index contributed by atoms with van der Waals surface area (Å²) < 4.78 is 6.03. The van der Waals surface area contributed by atoms with Gasteiger partial charge in [-0.05, 0) is 49.1 Å². The molecule has 4 nitrogen and oxygen atoms in total. The second-order valence-corrected chi connectivity index (χ2v) is 6.72. The first-order valence-corrected chi connectivity index (χ1v) is 8.85. The van der Waals surface area contributed by atoms with Crippen LogP contribution in [0.15, 0.2) is 42.5 Å². The quantitative estimate of drug-likeness (QED) is 0.843. The minimum atomic E-state index is 0.0835. The molecular formula is C20H24N2O2. The Bertz CT molecular complexity index is 693. The topological polar surface area (TPSA) is 44.7 Å². The molecule has 0 bridgehead atoms. The second-order valence-electron chi connectivity index (χ2n) is 6.72. The summed E-state index contributed by atoms with van der Waals surface area (Å²) in [5.41, 5.74) is 3.56. The molecule has 126 valence electrons. The van der Waals surface area contributed by atoms with Gasteiger partial charge in [0.25, 0.3) is 0 Å². The molecule has 4 rings (SSSR count). The third-order valence-electron chi connectivity index (χ3n) is 4.90. The lowest BCUT2D eigenvalue weighted by molar-refractivity contribution is 0.205. The molecule has 1 atom stereocenters. The summed E-state index contributed by atoms with van der Waals surface area (Å²) in [7, 11) is 0. The molecule has 2 heterocycles. The van der Waals surface area contributed by atoms with Gasteiger partial charge in [0, 0.05) is 31.3 Å². The molecule has 0 aliphatic carbocycles. The average Bonchev–Trinajstić information content (AvgIpc) is 2.63. The number of hydrogen-bond acceptors (Lipinski definition) is 4. The summed E-state index contributed by atoms with van der Waals surface area (Å²) >= 11 is 0. The highest BCUT2D eigenvalue weighted by atomic mass is 16.5. The zero-order valence-corrected chi connectivity index (χ0v) is 13.9. The molecule has 2 N–H and O–H groups in total. The Kier molecular flexibility index (Phi) is 4.20. The first-order valence-electron chi connectivity index (χ1n) is 8.85. The molecule has 1 unspecified atom stereocenters. The van der Waals surface area contributed by atoms with Gasteiger partial charge < -0.3 is 20.1 Å². The number of piperidine rings is 1. The summed E-state index contributed by atoms with van der Waals surface area (Å²) in [4.78, 5) is 2.48. The van der Waals surface area contributed by atoms with Crippen LogP contribution < -0.4 is 15.0 Å². The van der Waals surface area contributed by atoms with Gasteiger partial charge in [0.1, 0.15) is 17.6 Å². The van der Waals surface area contributed by atoms with Crippen LogP contribution in [-0.4, -0.2) is 30.8 Å². The van der Waals surface area contributed by atoms with Gasteiger partial charge in [-0.25, -0.2) is 0 Å². The van der Waals surface area contributed by atoms with Crippen molar-refractivity contribution in [1.29, 1.82) is 0 Å². The predicted octanol–water partition coefficient (Wildman–Crippen LogP) is 3.80. The van der Waals surface area contributed by atoms with Gasteiger partial charge in [-0.2, -0.15) is 0 Å². The molecular weight excluding hydrogens is 300 g/mol. The summed E-state index contributed by atoms with van der Waals surface area (Å²) in [5, 5.41) is 13.0. The lowest BCUT2D eigenvalue weighted by Gasteiger charge is -2.29. The van der Waals surface area contributed by atoms with Crippen LogP contribution >= 0.6 is 0 Å². The Hall–Kier alpha value is -2.36. The van der Waals surface area contributed by atoms with Crippen molar-refractivity contribution in [3.05, 3.63) is 48.0 Å². The molecule has 4 heteroatoms. The van der Waals surface area contributed by atoms with Crippen LogP contribution in [0.3, 0.4) is 0 Å². The van der Waals surface area contributed by atoms with Crippen molar-refractivity contribution in [1.82, 2.24) is 0 Å². The van der Waals surface area contributed by atoms with Gasteiger partial charge >= 0.3 is 0 Å². The van der Waals surface area contributed by atoms with E-state index < -0.39 is 0 Å². The van der Waals surface area contributed by atoms with E-state index in [1.165, 1.54) is 43.6 Å². The van der Waals surface area contributed by atoms with Crippen LogP contribution in [0.2, 0.25) is 0 Å². The molecule has 0 radical (unpaired) electrons. The number of aromatic hydroxyl groups is 1. The maximum atomic E-state index is 9.61. The van der Waals surface area contributed by atoms with Gasteiger partial charge in [0.05, 0.1) is 12.2 Å². The van der Waals surface area contributed by atoms with Gasteiger partial charge in [-0.15, -0.1) is 0 Å². The monoisotopic (exact) mass is 324 g/mol. The van der Waals surface area contributed by atoms with Gasteiger partial charge in [-0.3, -0.25) is 0 Å². The molecule has 24 heavy (non-hydrogen) atoms. The lowest BCUT2D eigenvalue weighted by Crippen LogP contribution is -2.32. The Balaban J connectivity index is 1.40. The number of rotatable bonds is 3. The van der Waals surface area contributed by atoms with Crippen molar-refractivity contribution < 1.29 is 9.84 Å². The number of fused-ring (bicyclic) bond motifs is 1. The largest absolute Gasteiger partial charge is 0.508 e. The molecule has 2 aliphatic heterocycles. The highest BCUT2D eigenvalue weighted by molar-refractivity contribution is 5.60. The van der Waals surface area contributed by atoms with Crippen molar-refractivity contribution >= 4 is 11.4 Å². The highest BCUT2D eigenvalue weighted by Gasteiger charge is 2.20. The third-order valence-corrected chi connectivity index (χ3v) is 4.90. The smallest absolute Gasteiger partial charge is 0.146 e. The molecule has 0 aromatic heterocycles. The number of phenolic OH excluding ortho intramolecular Hbond substituents is 1. The fraction of sp³-hybridized carbons (Fsp3) is 0.400. The fourth-order valence-corrected chi connectivity index (χ4v) is 3.57. The molecule has 0 spiro atoms. The third kappa shape index (κ3) is 3.28. The van der Waals surface area contributed by atoms with E-state index in [0.717, 1.165) is 24.4 Å². The van der Waals surface area contributed by atoms with Crippen LogP contribution in [0.5, 0.6) is 11.5 Å². The Morgan fingerprint density at radius 1 is 1.04 bits per heavy atom. The molecule has 0 amide bonds. The number of nitrogens with zero attached hydrogens (tertiary/aromatic N) is 1. The number of benzene rings is 2. The maximum Gasteiger partial charge on any atom is 0.146 e. The van der Waals surface area contributed by atoms with Gasteiger partial charge in [-0.1, -0.05) is 12.1 Å². The second kappa shape index (κ2) is 6.63. The van der Waals surface area contributed by atoms with E-state index in [9.17, 15) is 5.11 Å². The van der Waals surface area contributed by atoms with Crippen molar-refractivity contribution in [2.45, 2.75) is 31.8 Å². The van der Waals surface area contributed by atoms with E-state index in [1.54, 1.807) is 12.1 Å². The van der Waals surface area contributed by atoms with Gasteiger partial charge in [0.2, 0.25) is 0 Å². The molecule has 2 aromatic rings. The van der Waals surface area contributed by atoms with Crippen molar-refractivity contribution in [2.75, 3.05) is 29.9 Å². The first-order chi connectivity index (χ1) is 11.8. The van der Waals surface area contributed by atoms with Crippen molar-refractivity contribution in [3.8, 4) is 11.5 Å². The van der Waals surface area contributed by atoms with E-state index in [2.05, 4.69) is 34.5 Å². The molecule has 0 saturated carbocycles. The van der Waals surface area contributed by atoms with E-state index in [-0.39, 0.29) is 11.9 Å². The number of hydrogen-bond donors (Lipinski definition) is 2. The molecule has 1 fully saturated rings. The first kappa shape index (κ1) is 15.2. The zero-order chi connectivity index (χ0) is 16.4. The number of nitrogens with one attached hydrogen (secondary N) is 1. The van der Waals surface area contributed by atoms with Crippen LogP contribution in [0.1, 0.15) is 24.8 Å².